The molecule has 104 valence electrons. The quantitative estimate of drug-likeness (QED) is 0.896. The van der Waals surface area contributed by atoms with Gasteiger partial charge < -0.3 is 10.6 Å². The smallest absolute Gasteiger partial charge is 0.251 e. The van der Waals surface area contributed by atoms with Crippen molar-refractivity contribution in [2.75, 3.05) is 12.4 Å². The lowest BCUT2D eigenvalue weighted by Crippen LogP contribution is -2.17. The minimum atomic E-state index is -0.244. The summed E-state index contributed by atoms with van der Waals surface area (Å²) in [6.07, 6.45) is 0. The molecule has 1 amide bonds. The van der Waals surface area contributed by atoms with Crippen molar-refractivity contribution in [1.82, 2.24) is 5.32 Å². The van der Waals surface area contributed by atoms with Crippen LogP contribution in [0.15, 0.2) is 48.5 Å². The van der Waals surface area contributed by atoms with Gasteiger partial charge in [-0.3, -0.25) is 4.79 Å². The maximum absolute atomic E-state index is 13.2. The zero-order chi connectivity index (χ0) is 14.5. The van der Waals surface area contributed by atoms with E-state index in [-0.39, 0.29) is 17.8 Å². The van der Waals surface area contributed by atoms with E-state index in [4.69, 9.17) is 0 Å². The maximum atomic E-state index is 13.2. The van der Waals surface area contributed by atoms with Crippen molar-refractivity contribution in [2.45, 2.75) is 13.0 Å². The molecule has 0 aliphatic heterocycles. The van der Waals surface area contributed by atoms with Crippen LogP contribution in [-0.2, 0) is 0 Å². The number of rotatable bonds is 4. The Morgan fingerprint density at radius 1 is 1.15 bits per heavy atom. The number of hydrogen-bond acceptors (Lipinski definition) is 2. The average Bonchev–Trinajstić information content (AvgIpc) is 2.47. The Morgan fingerprint density at radius 3 is 2.45 bits per heavy atom. The Morgan fingerprint density at radius 2 is 1.85 bits per heavy atom. The highest BCUT2D eigenvalue weighted by molar-refractivity contribution is 5.94. The standard InChI is InChI=1S/C16H17FN2O/c1-11(13-4-3-5-14(17)10-13)19-15-8-6-12(7-9-15)16(20)18-2/h3-11,19H,1-2H3,(H,18,20). The fourth-order valence-electron chi connectivity index (χ4n) is 1.97. The summed E-state index contributed by atoms with van der Waals surface area (Å²) >= 11 is 0. The molecule has 3 nitrogen and oxygen atoms in total. The predicted octanol–water partition coefficient (Wildman–Crippen LogP) is 3.36. The first-order chi connectivity index (χ1) is 9.60. The highest BCUT2D eigenvalue weighted by Crippen LogP contribution is 2.20. The van der Waals surface area contributed by atoms with Crippen molar-refractivity contribution >= 4 is 11.6 Å². The highest BCUT2D eigenvalue weighted by Gasteiger charge is 2.07. The Bertz CT molecular complexity index is 596. The van der Waals surface area contributed by atoms with Gasteiger partial charge in [0.25, 0.3) is 5.91 Å². The molecule has 0 aliphatic rings. The molecule has 0 heterocycles. The molecule has 1 atom stereocenters. The number of hydrogen-bond donors (Lipinski definition) is 2. The van der Waals surface area contributed by atoms with Gasteiger partial charge >= 0.3 is 0 Å². The Kier molecular flexibility index (Phi) is 4.35. The molecule has 2 aromatic carbocycles. The van der Waals surface area contributed by atoms with E-state index >= 15 is 0 Å². The minimum absolute atomic E-state index is 0.0171. The molecule has 0 aliphatic carbocycles. The molecule has 2 rings (SSSR count). The Labute approximate surface area is 117 Å². The van der Waals surface area contributed by atoms with Gasteiger partial charge in [0.1, 0.15) is 5.82 Å². The second kappa shape index (κ2) is 6.19. The molecule has 4 heteroatoms. The second-order valence-corrected chi connectivity index (χ2v) is 4.58. The van der Waals surface area contributed by atoms with Gasteiger partial charge in [-0.1, -0.05) is 12.1 Å². The van der Waals surface area contributed by atoms with Crippen LogP contribution in [0.3, 0.4) is 0 Å². The van der Waals surface area contributed by atoms with Gasteiger partial charge in [0.2, 0.25) is 0 Å². The van der Waals surface area contributed by atoms with E-state index in [2.05, 4.69) is 10.6 Å². The third-order valence-corrected chi connectivity index (χ3v) is 3.11. The van der Waals surface area contributed by atoms with E-state index in [1.807, 2.05) is 25.1 Å². The third-order valence-electron chi connectivity index (χ3n) is 3.11. The molecule has 0 saturated carbocycles. The SMILES string of the molecule is CNC(=O)c1ccc(NC(C)c2cccc(F)c2)cc1. The molecule has 2 N–H and O–H groups in total. The molecule has 0 aromatic heterocycles. The van der Waals surface area contributed by atoms with Crippen molar-refractivity contribution in [1.29, 1.82) is 0 Å². The molecule has 20 heavy (non-hydrogen) atoms. The van der Waals surface area contributed by atoms with Crippen molar-refractivity contribution in [3.05, 3.63) is 65.5 Å². The average molecular weight is 272 g/mol. The molecular formula is C16H17FN2O. The van der Waals surface area contributed by atoms with E-state index in [9.17, 15) is 9.18 Å². The molecular weight excluding hydrogens is 255 g/mol. The van der Waals surface area contributed by atoms with Gasteiger partial charge in [0.05, 0.1) is 0 Å². The van der Waals surface area contributed by atoms with E-state index in [0.29, 0.717) is 5.56 Å². The summed E-state index contributed by atoms with van der Waals surface area (Å²) in [6, 6.07) is 13.7. The topological polar surface area (TPSA) is 41.1 Å². The van der Waals surface area contributed by atoms with Crippen molar-refractivity contribution in [3.8, 4) is 0 Å². The Balaban J connectivity index is 2.08. The van der Waals surface area contributed by atoms with Gasteiger partial charge in [-0.05, 0) is 48.9 Å². The van der Waals surface area contributed by atoms with Crippen LogP contribution in [0.4, 0.5) is 10.1 Å². The zero-order valence-corrected chi connectivity index (χ0v) is 11.5. The summed E-state index contributed by atoms with van der Waals surface area (Å²) in [4.78, 5) is 11.4. The predicted molar refractivity (Wildman–Crippen MR) is 78.3 cm³/mol. The van der Waals surface area contributed by atoms with Crippen LogP contribution >= 0.6 is 0 Å². The number of halogens is 1. The summed E-state index contributed by atoms with van der Waals surface area (Å²) in [5.41, 5.74) is 2.37. The van der Waals surface area contributed by atoms with Crippen LogP contribution in [-0.4, -0.2) is 13.0 Å². The fourth-order valence-corrected chi connectivity index (χ4v) is 1.97. The lowest BCUT2D eigenvalue weighted by molar-refractivity contribution is 0.0963. The van der Waals surface area contributed by atoms with Crippen LogP contribution < -0.4 is 10.6 Å². The van der Waals surface area contributed by atoms with Gasteiger partial charge in [-0.2, -0.15) is 0 Å². The summed E-state index contributed by atoms with van der Waals surface area (Å²) < 4.78 is 13.2. The number of amides is 1. The van der Waals surface area contributed by atoms with Gasteiger partial charge in [0, 0.05) is 24.3 Å². The van der Waals surface area contributed by atoms with E-state index in [1.165, 1.54) is 12.1 Å². The summed E-state index contributed by atoms with van der Waals surface area (Å²) in [5.74, 6) is -0.360. The number of anilines is 1. The van der Waals surface area contributed by atoms with E-state index in [0.717, 1.165) is 11.3 Å². The summed E-state index contributed by atoms with van der Waals surface area (Å²) in [7, 11) is 1.60. The van der Waals surface area contributed by atoms with Crippen LogP contribution in [0.2, 0.25) is 0 Å². The molecule has 0 radical (unpaired) electrons. The molecule has 0 bridgehead atoms. The van der Waals surface area contributed by atoms with Gasteiger partial charge in [0.15, 0.2) is 0 Å². The lowest BCUT2D eigenvalue weighted by atomic mass is 10.1. The summed E-state index contributed by atoms with van der Waals surface area (Å²) in [5, 5.41) is 5.84. The highest BCUT2D eigenvalue weighted by atomic mass is 19.1. The third kappa shape index (κ3) is 3.35. The number of nitrogens with one attached hydrogen (secondary N) is 2. The maximum Gasteiger partial charge on any atom is 0.251 e. The zero-order valence-electron chi connectivity index (χ0n) is 11.5. The first-order valence-corrected chi connectivity index (χ1v) is 6.44. The van der Waals surface area contributed by atoms with Crippen LogP contribution in [0.1, 0.15) is 28.9 Å². The van der Waals surface area contributed by atoms with E-state index in [1.54, 1.807) is 25.2 Å². The number of carbonyl (C=O) groups excluding carboxylic acids is 1. The summed E-state index contributed by atoms with van der Waals surface area (Å²) in [6.45, 7) is 1.96. The van der Waals surface area contributed by atoms with Gasteiger partial charge in [-0.15, -0.1) is 0 Å². The molecule has 2 aromatic rings. The normalized spacial score (nSPS) is 11.8. The molecule has 1 unspecified atom stereocenters. The monoisotopic (exact) mass is 272 g/mol. The van der Waals surface area contributed by atoms with Crippen LogP contribution in [0, 0.1) is 5.82 Å². The fraction of sp³-hybridized carbons (Fsp3) is 0.188. The van der Waals surface area contributed by atoms with Crippen molar-refractivity contribution in [2.24, 2.45) is 0 Å². The first kappa shape index (κ1) is 14.1. The Hall–Kier alpha value is -2.36. The van der Waals surface area contributed by atoms with Crippen molar-refractivity contribution < 1.29 is 9.18 Å². The second-order valence-electron chi connectivity index (χ2n) is 4.58. The molecule has 0 spiro atoms. The molecule has 0 fully saturated rings. The molecule has 0 saturated heterocycles. The van der Waals surface area contributed by atoms with Crippen molar-refractivity contribution in [3.63, 3.8) is 0 Å². The minimum Gasteiger partial charge on any atom is -0.379 e. The van der Waals surface area contributed by atoms with E-state index < -0.39 is 0 Å². The first-order valence-electron chi connectivity index (χ1n) is 6.44. The lowest BCUT2D eigenvalue weighted by Gasteiger charge is -2.16. The number of benzene rings is 2. The van der Waals surface area contributed by atoms with Crippen LogP contribution in [0.25, 0.3) is 0 Å². The van der Waals surface area contributed by atoms with Crippen LogP contribution in [0.5, 0.6) is 0 Å². The van der Waals surface area contributed by atoms with Gasteiger partial charge in [-0.25, -0.2) is 4.39 Å². The number of carbonyl (C=O) groups is 1. The largest absolute Gasteiger partial charge is 0.379 e.